The fourth-order valence-corrected chi connectivity index (χ4v) is 6.84. The second-order valence-corrected chi connectivity index (χ2v) is 11.8. The van der Waals surface area contributed by atoms with E-state index in [0.717, 1.165) is 0 Å². The highest BCUT2D eigenvalue weighted by Crippen LogP contribution is 2.36. The number of benzene rings is 8. The predicted octanol–water partition coefficient (Wildman–Crippen LogP) is 12.1. The van der Waals surface area contributed by atoms with Crippen LogP contribution in [0.1, 0.15) is 0 Å². The molecule has 210 valence electrons. The van der Waals surface area contributed by atoms with E-state index in [4.69, 9.17) is 0 Å². The number of fused-ring (bicyclic) bond motifs is 5. The van der Waals surface area contributed by atoms with Crippen LogP contribution < -0.4 is 0 Å². The summed E-state index contributed by atoms with van der Waals surface area (Å²) in [5.74, 6) is 0. The Bertz CT molecular complexity index is 2520. The van der Waals surface area contributed by atoms with Gasteiger partial charge in [0.15, 0.2) is 0 Å². The van der Waals surface area contributed by atoms with Gasteiger partial charge in [0.2, 0.25) is 0 Å². The second-order valence-electron chi connectivity index (χ2n) is 11.8. The topological polar surface area (TPSA) is 4.93 Å². The number of nitrogens with zero attached hydrogens (tertiary/aromatic N) is 1. The quantitative estimate of drug-likeness (QED) is 0.198. The third-order valence-electron chi connectivity index (χ3n) is 9.16. The van der Waals surface area contributed by atoms with Crippen LogP contribution in [0.2, 0.25) is 0 Å². The molecule has 1 aromatic heterocycles. The van der Waals surface area contributed by atoms with Crippen molar-refractivity contribution in [3.8, 4) is 39.1 Å². The molecule has 45 heavy (non-hydrogen) atoms. The molecule has 0 atom stereocenters. The van der Waals surface area contributed by atoms with Gasteiger partial charge in [-0.25, -0.2) is 0 Å². The highest BCUT2D eigenvalue weighted by Gasteiger charge is 2.13. The molecule has 0 unspecified atom stereocenters. The Labute approximate surface area is 262 Å². The predicted molar refractivity (Wildman–Crippen MR) is 192 cm³/mol. The van der Waals surface area contributed by atoms with Crippen LogP contribution in [0, 0.1) is 0 Å². The summed E-state index contributed by atoms with van der Waals surface area (Å²) in [6.07, 6.45) is 0. The third kappa shape index (κ3) is 4.41. The minimum absolute atomic E-state index is 1.18. The lowest BCUT2D eigenvalue weighted by Gasteiger charge is -2.10. The average molecular weight is 572 g/mol. The van der Waals surface area contributed by atoms with E-state index in [1.165, 1.54) is 82.4 Å². The van der Waals surface area contributed by atoms with Gasteiger partial charge in [-0.1, -0.05) is 127 Å². The van der Waals surface area contributed by atoms with E-state index in [0.29, 0.717) is 0 Å². The summed E-state index contributed by atoms with van der Waals surface area (Å²) in [4.78, 5) is 0. The standard InChI is InChI=1S/C44H29N/c1-2-10-40(11-3-1)45-43-13-7-6-12-41(43)42-29-39(24-25-44(42)45)32-16-14-31(15-17-32)34-20-21-37-28-38(23-22-36(37)27-34)35-19-18-30-8-4-5-9-33(30)26-35/h1-29H. The van der Waals surface area contributed by atoms with Crippen molar-refractivity contribution in [2.24, 2.45) is 0 Å². The Morgan fingerprint density at radius 3 is 1.40 bits per heavy atom. The van der Waals surface area contributed by atoms with Crippen LogP contribution >= 0.6 is 0 Å². The van der Waals surface area contributed by atoms with E-state index in [1.54, 1.807) is 0 Å². The fraction of sp³-hybridized carbons (Fsp3) is 0. The molecule has 0 fully saturated rings. The smallest absolute Gasteiger partial charge is 0.0541 e. The van der Waals surface area contributed by atoms with E-state index in [2.05, 4.69) is 180 Å². The van der Waals surface area contributed by atoms with Crippen molar-refractivity contribution in [2.75, 3.05) is 0 Å². The average Bonchev–Trinajstić information content (AvgIpc) is 3.45. The SMILES string of the molecule is c1ccc(-n2c3ccccc3c3cc(-c4ccc(-c5ccc6cc(-c7ccc8ccccc8c7)ccc6c5)cc4)ccc32)cc1. The first-order valence-corrected chi connectivity index (χ1v) is 15.5. The molecule has 0 saturated heterocycles. The maximum Gasteiger partial charge on any atom is 0.0541 e. The van der Waals surface area contributed by atoms with Gasteiger partial charge in [-0.05, 0) is 103 Å². The Morgan fingerprint density at radius 1 is 0.267 bits per heavy atom. The van der Waals surface area contributed by atoms with Gasteiger partial charge in [0.1, 0.15) is 0 Å². The molecule has 1 heteroatoms. The maximum atomic E-state index is 2.36. The van der Waals surface area contributed by atoms with Crippen molar-refractivity contribution in [3.63, 3.8) is 0 Å². The highest BCUT2D eigenvalue weighted by atomic mass is 15.0. The lowest BCUT2D eigenvalue weighted by Crippen LogP contribution is -1.92. The summed E-state index contributed by atoms with van der Waals surface area (Å²) in [5.41, 5.74) is 11.0. The first kappa shape index (κ1) is 25.6. The molecule has 0 saturated carbocycles. The first-order chi connectivity index (χ1) is 22.3. The molecule has 0 amide bonds. The maximum absolute atomic E-state index is 2.36. The number of aromatic nitrogens is 1. The summed E-state index contributed by atoms with van der Waals surface area (Å²) >= 11 is 0. The molecule has 0 bridgehead atoms. The highest BCUT2D eigenvalue weighted by molar-refractivity contribution is 6.10. The lowest BCUT2D eigenvalue weighted by atomic mass is 9.95. The number of para-hydroxylation sites is 2. The summed E-state index contributed by atoms with van der Waals surface area (Å²) in [7, 11) is 0. The molecule has 9 aromatic rings. The van der Waals surface area contributed by atoms with E-state index in [-0.39, 0.29) is 0 Å². The molecule has 9 rings (SSSR count). The summed E-state index contributed by atoms with van der Waals surface area (Å²) in [6.45, 7) is 0. The van der Waals surface area contributed by atoms with Crippen molar-refractivity contribution < 1.29 is 0 Å². The van der Waals surface area contributed by atoms with Crippen molar-refractivity contribution in [3.05, 3.63) is 176 Å². The molecule has 0 aliphatic heterocycles. The van der Waals surface area contributed by atoms with Crippen molar-refractivity contribution in [1.29, 1.82) is 0 Å². The molecule has 0 N–H and O–H groups in total. The van der Waals surface area contributed by atoms with Crippen molar-refractivity contribution in [1.82, 2.24) is 4.57 Å². The van der Waals surface area contributed by atoms with Crippen LogP contribution in [0.5, 0.6) is 0 Å². The summed E-state index contributed by atoms with van der Waals surface area (Å²) in [5, 5.41) is 7.59. The van der Waals surface area contributed by atoms with Crippen LogP contribution in [0.4, 0.5) is 0 Å². The Hall–Kier alpha value is -5.92. The van der Waals surface area contributed by atoms with Gasteiger partial charge >= 0.3 is 0 Å². The normalized spacial score (nSPS) is 11.6. The van der Waals surface area contributed by atoms with Gasteiger partial charge in [0, 0.05) is 16.5 Å². The van der Waals surface area contributed by atoms with E-state index < -0.39 is 0 Å². The van der Waals surface area contributed by atoms with Gasteiger partial charge in [-0.2, -0.15) is 0 Å². The number of hydrogen-bond donors (Lipinski definition) is 0. The van der Waals surface area contributed by atoms with E-state index in [1.807, 2.05) is 0 Å². The second kappa shape index (κ2) is 10.4. The monoisotopic (exact) mass is 571 g/mol. The van der Waals surface area contributed by atoms with Crippen LogP contribution in [-0.4, -0.2) is 4.57 Å². The Kier molecular flexibility index (Phi) is 5.89. The molecule has 0 aliphatic carbocycles. The van der Waals surface area contributed by atoms with Crippen LogP contribution in [-0.2, 0) is 0 Å². The first-order valence-electron chi connectivity index (χ1n) is 15.5. The van der Waals surface area contributed by atoms with Crippen molar-refractivity contribution >= 4 is 43.4 Å². The van der Waals surface area contributed by atoms with E-state index >= 15 is 0 Å². The molecule has 1 nitrogen and oxygen atoms in total. The fourth-order valence-electron chi connectivity index (χ4n) is 6.84. The van der Waals surface area contributed by atoms with Crippen LogP contribution in [0.3, 0.4) is 0 Å². The molecular weight excluding hydrogens is 542 g/mol. The molecule has 0 aliphatic rings. The number of hydrogen-bond acceptors (Lipinski definition) is 0. The lowest BCUT2D eigenvalue weighted by molar-refractivity contribution is 1.18. The van der Waals surface area contributed by atoms with E-state index in [9.17, 15) is 0 Å². The summed E-state index contributed by atoms with van der Waals surface area (Å²) in [6, 6.07) is 64.0. The minimum atomic E-state index is 1.18. The Morgan fingerprint density at radius 2 is 0.711 bits per heavy atom. The minimum Gasteiger partial charge on any atom is -0.309 e. The zero-order chi connectivity index (χ0) is 29.7. The van der Waals surface area contributed by atoms with Gasteiger partial charge in [-0.15, -0.1) is 0 Å². The molecule has 1 heterocycles. The summed E-state index contributed by atoms with van der Waals surface area (Å²) < 4.78 is 2.36. The van der Waals surface area contributed by atoms with Crippen molar-refractivity contribution in [2.45, 2.75) is 0 Å². The molecule has 8 aromatic carbocycles. The molecule has 0 spiro atoms. The largest absolute Gasteiger partial charge is 0.309 e. The van der Waals surface area contributed by atoms with Gasteiger partial charge in [0.05, 0.1) is 11.0 Å². The van der Waals surface area contributed by atoms with Gasteiger partial charge in [-0.3, -0.25) is 0 Å². The Balaban J connectivity index is 1.04. The zero-order valence-corrected chi connectivity index (χ0v) is 24.7. The van der Waals surface area contributed by atoms with Gasteiger partial charge < -0.3 is 4.57 Å². The van der Waals surface area contributed by atoms with Crippen LogP contribution in [0.15, 0.2) is 176 Å². The number of rotatable bonds is 4. The zero-order valence-electron chi connectivity index (χ0n) is 24.7. The van der Waals surface area contributed by atoms with Crippen LogP contribution in [0.25, 0.3) is 82.4 Å². The molecular formula is C44H29N. The third-order valence-corrected chi connectivity index (χ3v) is 9.16. The molecule has 0 radical (unpaired) electrons. The van der Waals surface area contributed by atoms with Gasteiger partial charge in [0.25, 0.3) is 0 Å².